The molecule has 0 aliphatic carbocycles. The molecule has 3 unspecified atom stereocenters. The van der Waals surface area contributed by atoms with Gasteiger partial charge in [0.1, 0.15) is 5.75 Å². The van der Waals surface area contributed by atoms with Crippen molar-refractivity contribution in [2.24, 2.45) is 5.92 Å². The quantitative estimate of drug-likeness (QED) is 0.767. The number of rotatable bonds is 2. The lowest BCUT2D eigenvalue weighted by molar-refractivity contribution is 0.0737. The van der Waals surface area contributed by atoms with Gasteiger partial charge in [-0.3, -0.25) is 4.79 Å². The zero-order valence-corrected chi connectivity index (χ0v) is 13.5. The zero-order chi connectivity index (χ0) is 14.1. The van der Waals surface area contributed by atoms with Crippen molar-refractivity contribution in [1.29, 1.82) is 0 Å². The monoisotopic (exact) mass is 386 g/mol. The van der Waals surface area contributed by atoms with Crippen molar-refractivity contribution in [3.8, 4) is 5.75 Å². The van der Waals surface area contributed by atoms with Crippen LogP contribution < -0.4 is 5.32 Å². The molecule has 2 bridgehead atoms. The van der Waals surface area contributed by atoms with E-state index in [1.165, 1.54) is 19.4 Å². The van der Waals surface area contributed by atoms with Crippen molar-refractivity contribution in [2.45, 2.75) is 25.3 Å². The molecule has 2 saturated heterocycles. The van der Waals surface area contributed by atoms with E-state index in [2.05, 4.69) is 32.8 Å². The van der Waals surface area contributed by atoms with Crippen molar-refractivity contribution in [3.63, 3.8) is 0 Å². The number of nitrogens with zero attached hydrogens (tertiary/aromatic N) is 1. The molecule has 0 aromatic heterocycles. The Morgan fingerprint density at radius 3 is 3.05 bits per heavy atom. The van der Waals surface area contributed by atoms with Crippen molar-refractivity contribution >= 4 is 28.5 Å². The molecule has 1 aromatic carbocycles. The van der Waals surface area contributed by atoms with E-state index in [4.69, 9.17) is 0 Å². The fraction of sp³-hybridized carbons (Fsp3) is 0.533. The number of amides is 1. The van der Waals surface area contributed by atoms with E-state index in [0.29, 0.717) is 11.5 Å². The van der Waals surface area contributed by atoms with Crippen LogP contribution in [0.2, 0.25) is 0 Å². The Morgan fingerprint density at radius 2 is 2.20 bits per heavy atom. The number of phenolic OH excluding ortho intramolecular Hbond substituents is 1. The van der Waals surface area contributed by atoms with Crippen LogP contribution in [0.1, 0.15) is 29.6 Å². The summed E-state index contributed by atoms with van der Waals surface area (Å²) >= 11 is 2.15. The number of phenols is 1. The summed E-state index contributed by atoms with van der Waals surface area (Å²) in [4.78, 5) is 14.8. The minimum absolute atomic E-state index is 0.0593. The lowest BCUT2D eigenvalue weighted by atomic mass is 9.85. The van der Waals surface area contributed by atoms with E-state index in [1.807, 2.05) is 0 Å². The lowest BCUT2D eigenvalue weighted by Gasteiger charge is -2.42. The fourth-order valence-corrected chi connectivity index (χ4v) is 3.80. The van der Waals surface area contributed by atoms with Crippen LogP contribution in [0, 0.1) is 9.49 Å². The van der Waals surface area contributed by atoms with Crippen molar-refractivity contribution in [2.75, 3.05) is 19.6 Å². The number of hydrogen-bond donors (Lipinski definition) is 2. The molecular formula is C15H19IN2O2. The average Bonchev–Trinajstić information content (AvgIpc) is 2.45. The minimum atomic E-state index is -0.148. The van der Waals surface area contributed by atoms with Crippen LogP contribution in [0.15, 0.2) is 18.2 Å². The Hall–Kier alpha value is -0.820. The second-order valence-electron chi connectivity index (χ2n) is 5.73. The summed E-state index contributed by atoms with van der Waals surface area (Å²) in [5, 5.41) is 13.0. The smallest absolute Gasteiger partial charge is 0.255 e. The summed E-state index contributed by atoms with van der Waals surface area (Å²) in [6.07, 6.45) is 3.44. The summed E-state index contributed by atoms with van der Waals surface area (Å²) in [5.74, 6) is 0.473. The fourth-order valence-electron chi connectivity index (χ4n) is 3.31. The standard InChI is InChI=1S/C15H19IN2O2/c16-11-3-4-14(19)12(8-11)15(20)17-13-5-7-18-6-1-2-10(13)9-18/h3-4,8,10,13,19H,1-2,5-7,9H2,(H,17,20). The van der Waals surface area contributed by atoms with Gasteiger partial charge in [-0.15, -0.1) is 0 Å². The van der Waals surface area contributed by atoms with Crippen LogP contribution in [0.3, 0.4) is 0 Å². The third-order valence-electron chi connectivity index (χ3n) is 4.39. The first-order chi connectivity index (χ1) is 9.63. The SMILES string of the molecule is O=C(NC1CCN2CCCC1C2)c1cc(I)ccc1O. The zero-order valence-electron chi connectivity index (χ0n) is 11.3. The number of carbonyl (C=O) groups excluding carboxylic acids is 1. The van der Waals surface area contributed by atoms with E-state index in [9.17, 15) is 9.90 Å². The summed E-state index contributed by atoms with van der Waals surface area (Å²) < 4.78 is 0.957. The van der Waals surface area contributed by atoms with E-state index in [0.717, 1.165) is 23.1 Å². The largest absolute Gasteiger partial charge is 0.507 e. The van der Waals surface area contributed by atoms with Crippen LogP contribution in [0.5, 0.6) is 5.75 Å². The van der Waals surface area contributed by atoms with Crippen molar-refractivity contribution < 1.29 is 9.90 Å². The number of fused-ring (bicyclic) bond motifs is 2. The summed E-state index contributed by atoms with van der Waals surface area (Å²) in [5.41, 5.74) is 0.384. The Morgan fingerprint density at radius 1 is 1.35 bits per heavy atom. The number of hydrogen-bond acceptors (Lipinski definition) is 3. The predicted octanol–water partition coefficient (Wildman–Crippen LogP) is 2.21. The molecule has 0 saturated carbocycles. The molecule has 2 aliphatic heterocycles. The van der Waals surface area contributed by atoms with Crippen LogP contribution >= 0.6 is 22.6 Å². The number of carbonyl (C=O) groups is 1. The molecular weight excluding hydrogens is 367 g/mol. The van der Waals surface area contributed by atoms with E-state index in [1.54, 1.807) is 18.2 Å². The Balaban J connectivity index is 1.70. The molecule has 108 valence electrons. The summed E-state index contributed by atoms with van der Waals surface area (Å²) in [6, 6.07) is 5.37. The highest BCUT2D eigenvalue weighted by molar-refractivity contribution is 14.1. The Labute approximate surface area is 132 Å². The maximum atomic E-state index is 12.4. The van der Waals surface area contributed by atoms with Gasteiger partial charge in [-0.25, -0.2) is 0 Å². The van der Waals surface area contributed by atoms with Gasteiger partial charge in [0.15, 0.2) is 0 Å². The molecule has 2 fully saturated rings. The van der Waals surface area contributed by atoms with Gasteiger partial charge in [0, 0.05) is 22.7 Å². The Bertz CT molecular complexity index is 521. The number of aromatic hydroxyl groups is 1. The van der Waals surface area contributed by atoms with Crippen LogP contribution in [-0.2, 0) is 0 Å². The molecule has 2 heterocycles. The molecule has 4 nitrogen and oxygen atoms in total. The normalized spacial score (nSPS) is 28.9. The van der Waals surface area contributed by atoms with Gasteiger partial charge in [-0.1, -0.05) is 0 Å². The number of piperidine rings is 2. The molecule has 0 spiro atoms. The van der Waals surface area contributed by atoms with Gasteiger partial charge in [0.25, 0.3) is 5.91 Å². The van der Waals surface area contributed by atoms with E-state index < -0.39 is 0 Å². The summed E-state index contributed by atoms with van der Waals surface area (Å²) in [6.45, 7) is 3.37. The van der Waals surface area contributed by atoms with Gasteiger partial charge < -0.3 is 15.3 Å². The topological polar surface area (TPSA) is 52.6 Å². The molecule has 3 rings (SSSR count). The first kappa shape index (κ1) is 14.1. The first-order valence-electron chi connectivity index (χ1n) is 7.15. The molecule has 2 aliphatic rings. The van der Waals surface area contributed by atoms with Gasteiger partial charge in [-0.2, -0.15) is 0 Å². The number of halogens is 1. The maximum Gasteiger partial charge on any atom is 0.255 e. The minimum Gasteiger partial charge on any atom is -0.507 e. The third kappa shape index (κ3) is 2.93. The Kier molecular flexibility index (Phi) is 4.16. The third-order valence-corrected chi connectivity index (χ3v) is 5.06. The van der Waals surface area contributed by atoms with Crippen LogP contribution in [0.25, 0.3) is 0 Å². The van der Waals surface area contributed by atoms with Crippen LogP contribution in [-0.4, -0.2) is 41.6 Å². The highest BCUT2D eigenvalue weighted by Gasteiger charge is 2.33. The average molecular weight is 386 g/mol. The highest BCUT2D eigenvalue weighted by atomic mass is 127. The number of nitrogens with one attached hydrogen (secondary N) is 1. The van der Waals surface area contributed by atoms with E-state index >= 15 is 0 Å². The lowest BCUT2D eigenvalue weighted by Crippen LogP contribution is -2.53. The molecule has 1 amide bonds. The highest BCUT2D eigenvalue weighted by Crippen LogP contribution is 2.27. The summed E-state index contributed by atoms with van der Waals surface area (Å²) in [7, 11) is 0. The first-order valence-corrected chi connectivity index (χ1v) is 8.23. The van der Waals surface area contributed by atoms with Gasteiger partial charge in [0.05, 0.1) is 5.56 Å². The molecule has 20 heavy (non-hydrogen) atoms. The maximum absolute atomic E-state index is 12.4. The molecule has 2 N–H and O–H groups in total. The van der Waals surface area contributed by atoms with Gasteiger partial charge in [-0.05, 0) is 72.5 Å². The second-order valence-corrected chi connectivity index (χ2v) is 6.98. The number of benzene rings is 1. The second kappa shape index (κ2) is 5.89. The predicted molar refractivity (Wildman–Crippen MR) is 85.9 cm³/mol. The van der Waals surface area contributed by atoms with Crippen molar-refractivity contribution in [3.05, 3.63) is 27.3 Å². The molecule has 3 atom stereocenters. The molecule has 0 radical (unpaired) electrons. The van der Waals surface area contributed by atoms with Gasteiger partial charge in [0.2, 0.25) is 0 Å². The van der Waals surface area contributed by atoms with Gasteiger partial charge >= 0.3 is 0 Å². The van der Waals surface area contributed by atoms with E-state index in [-0.39, 0.29) is 17.7 Å². The molecule has 1 aromatic rings. The van der Waals surface area contributed by atoms with Crippen LogP contribution in [0.4, 0.5) is 0 Å². The van der Waals surface area contributed by atoms with Crippen molar-refractivity contribution in [1.82, 2.24) is 10.2 Å². The molecule has 5 heteroatoms.